The molecule has 2 atom stereocenters. The van der Waals surface area contributed by atoms with Crippen LogP contribution < -0.4 is 10.3 Å². The van der Waals surface area contributed by atoms with E-state index in [0.717, 1.165) is 47.4 Å². The van der Waals surface area contributed by atoms with Crippen LogP contribution in [0.1, 0.15) is 48.5 Å². The highest BCUT2D eigenvalue weighted by atomic mass is 16.5. The number of hydrogen-bond donors (Lipinski definition) is 1. The lowest BCUT2D eigenvalue weighted by molar-refractivity contribution is 0.0901. The fourth-order valence-corrected chi connectivity index (χ4v) is 5.34. The zero-order valence-electron chi connectivity index (χ0n) is 22.4. The lowest BCUT2D eigenvalue weighted by Crippen LogP contribution is -2.35. The zero-order chi connectivity index (χ0) is 27.3. The summed E-state index contributed by atoms with van der Waals surface area (Å²) in [6.07, 6.45) is 3.64. The number of tetrazole rings is 1. The largest absolute Gasteiger partial charge is 0.494 e. The average molecular weight is 541 g/mol. The molecule has 0 spiro atoms. The molecule has 0 unspecified atom stereocenters. The van der Waals surface area contributed by atoms with Crippen molar-refractivity contribution < 1.29 is 13.9 Å². The van der Waals surface area contributed by atoms with Crippen molar-refractivity contribution in [3.05, 3.63) is 106 Å². The summed E-state index contributed by atoms with van der Waals surface area (Å²) in [6, 6.07) is 21.0. The SMILES string of the molecule is CCOc1ccc2[nH]c(=O)c([C@H](c3nnnn3C[C@H]3CCCO3)N(Cc3ccccc3)Cc3ccco3)cc2c1. The molecule has 1 saturated heterocycles. The minimum Gasteiger partial charge on any atom is -0.494 e. The Morgan fingerprint density at radius 2 is 2.02 bits per heavy atom. The lowest BCUT2D eigenvalue weighted by Gasteiger charge is -2.30. The van der Waals surface area contributed by atoms with Crippen LogP contribution in [0.15, 0.2) is 82.2 Å². The van der Waals surface area contributed by atoms with Crippen molar-refractivity contribution in [2.24, 2.45) is 0 Å². The summed E-state index contributed by atoms with van der Waals surface area (Å²) >= 11 is 0. The Balaban J connectivity index is 1.50. The molecule has 10 heteroatoms. The van der Waals surface area contributed by atoms with Gasteiger partial charge in [-0.3, -0.25) is 9.69 Å². The number of fused-ring (bicyclic) bond motifs is 1. The van der Waals surface area contributed by atoms with Crippen LogP contribution in [0.4, 0.5) is 0 Å². The number of pyridine rings is 1. The van der Waals surface area contributed by atoms with Gasteiger partial charge in [0.1, 0.15) is 17.6 Å². The van der Waals surface area contributed by atoms with Gasteiger partial charge >= 0.3 is 0 Å². The van der Waals surface area contributed by atoms with E-state index in [1.54, 1.807) is 10.9 Å². The molecule has 1 aliphatic rings. The Kier molecular flexibility index (Phi) is 7.69. The van der Waals surface area contributed by atoms with Crippen LogP contribution >= 0.6 is 0 Å². The summed E-state index contributed by atoms with van der Waals surface area (Å²) in [5.41, 5.74) is 2.15. The molecule has 2 aromatic carbocycles. The summed E-state index contributed by atoms with van der Waals surface area (Å²) in [4.78, 5) is 19.0. The first-order valence-electron chi connectivity index (χ1n) is 13.7. The third kappa shape index (κ3) is 5.68. The number of aromatic amines is 1. The Morgan fingerprint density at radius 3 is 2.80 bits per heavy atom. The number of furan rings is 1. The van der Waals surface area contributed by atoms with Crippen molar-refractivity contribution in [1.82, 2.24) is 30.1 Å². The second-order valence-corrected chi connectivity index (χ2v) is 9.96. The van der Waals surface area contributed by atoms with Crippen molar-refractivity contribution >= 4 is 10.9 Å². The highest BCUT2D eigenvalue weighted by Gasteiger charge is 2.32. The van der Waals surface area contributed by atoms with E-state index in [-0.39, 0.29) is 11.7 Å². The second-order valence-electron chi connectivity index (χ2n) is 9.96. The minimum atomic E-state index is -0.578. The minimum absolute atomic E-state index is 0.0270. The monoisotopic (exact) mass is 540 g/mol. The molecule has 4 heterocycles. The molecule has 6 rings (SSSR count). The van der Waals surface area contributed by atoms with E-state index in [1.165, 1.54) is 0 Å². The van der Waals surface area contributed by atoms with E-state index in [4.69, 9.17) is 13.9 Å². The maximum absolute atomic E-state index is 13.8. The van der Waals surface area contributed by atoms with Crippen LogP contribution in [0.5, 0.6) is 5.75 Å². The molecule has 10 nitrogen and oxygen atoms in total. The fraction of sp³-hybridized carbons (Fsp3) is 0.333. The van der Waals surface area contributed by atoms with Gasteiger partial charge in [0.25, 0.3) is 5.56 Å². The predicted molar refractivity (Wildman–Crippen MR) is 149 cm³/mol. The summed E-state index contributed by atoms with van der Waals surface area (Å²) < 4.78 is 19.2. The Labute approximate surface area is 231 Å². The number of H-pyrrole nitrogens is 1. The molecule has 1 fully saturated rings. The van der Waals surface area contributed by atoms with Gasteiger partial charge in [-0.05, 0) is 72.2 Å². The number of hydrogen-bond acceptors (Lipinski definition) is 8. The number of ether oxygens (including phenoxy) is 2. The zero-order valence-corrected chi connectivity index (χ0v) is 22.4. The van der Waals surface area contributed by atoms with Crippen LogP contribution in [0.3, 0.4) is 0 Å². The number of aromatic nitrogens is 5. The Hall–Kier alpha value is -4.28. The molecule has 0 aliphatic carbocycles. The van der Waals surface area contributed by atoms with Gasteiger partial charge in [0, 0.05) is 29.6 Å². The quantitative estimate of drug-likeness (QED) is 0.261. The topological polar surface area (TPSA) is 111 Å². The van der Waals surface area contributed by atoms with Crippen LogP contribution in [0.2, 0.25) is 0 Å². The molecule has 3 aromatic heterocycles. The molecule has 40 heavy (non-hydrogen) atoms. The maximum atomic E-state index is 13.8. The van der Waals surface area contributed by atoms with Gasteiger partial charge in [-0.2, -0.15) is 0 Å². The van der Waals surface area contributed by atoms with Crippen LogP contribution in [0, 0.1) is 0 Å². The summed E-state index contributed by atoms with van der Waals surface area (Å²) in [5.74, 6) is 2.09. The van der Waals surface area contributed by atoms with Gasteiger partial charge in [-0.15, -0.1) is 5.10 Å². The molecule has 0 bridgehead atoms. The molecule has 206 valence electrons. The Bertz CT molecular complexity index is 1590. The van der Waals surface area contributed by atoms with Gasteiger partial charge in [0.15, 0.2) is 5.82 Å². The molecule has 0 saturated carbocycles. The van der Waals surface area contributed by atoms with E-state index < -0.39 is 6.04 Å². The first-order valence-corrected chi connectivity index (χ1v) is 13.7. The third-order valence-electron chi connectivity index (χ3n) is 7.19. The summed E-state index contributed by atoms with van der Waals surface area (Å²) in [6.45, 7) is 4.72. The molecule has 1 N–H and O–H groups in total. The average Bonchev–Trinajstić information content (AvgIpc) is 3.75. The van der Waals surface area contributed by atoms with Gasteiger partial charge < -0.3 is 18.9 Å². The molecule has 5 aromatic rings. The molecule has 0 radical (unpaired) electrons. The van der Waals surface area contributed by atoms with E-state index in [2.05, 4.69) is 37.5 Å². The van der Waals surface area contributed by atoms with Crippen molar-refractivity contribution in [1.29, 1.82) is 0 Å². The molecular formula is C30H32N6O4. The molecule has 0 amide bonds. The van der Waals surface area contributed by atoms with Crippen LogP contribution in [0.25, 0.3) is 10.9 Å². The van der Waals surface area contributed by atoms with Gasteiger partial charge in [-0.1, -0.05) is 30.3 Å². The van der Waals surface area contributed by atoms with E-state index in [1.807, 2.05) is 61.5 Å². The first-order chi connectivity index (χ1) is 19.7. The maximum Gasteiger partial charge on any atom is 0.253 e. The van der Waals surface area contributed by atoms with Crippen LogP contribution in [-0.4, -0.2) is 49.4 Å². The third-order valence-corrected chi connectivity index (χ3v) is 7.19. The number of nitrogens with one attached hydrogen (secondary N) is 1. The standard InChI is InChI=1S/C30H32N6O4/c1-2-38-23-12-13-27-22(16-23)17-26(30(37)31-27)28(29-32-33-34-36(29)20-25-11-7-15-40-25)35(19-24-10-6-14-39-24)18-21-8-4-3-5-9-21/h3-6,8-10,12-14,16-17,25,28H,2,7,11,15,18-20H2,1H3,(H,31,37)/t25-,28-/m1/s1. The van der Waals surface area contributed by atoms with Crippen molar-refractivity contribution in [2.45, 2.75) is 51.5 Å². The summed E-state index contributed by atoms with van der Waals surface area (Å²) in [7, 11) is 0. The molecule has 1 aliphatic heterocycles. The van der Waals surface area contributed by atoms with E-state index >= 15 is 0 Å². The second kappa shape index (κ2) is 11.8. The predicted octanol–water partition coefficient (Wildman–Crippen LogP) is 4.48. The van der Waals surface area contributed by atoms with Gasteiger partial charge in [0.05, 0.1) is 32.1 Å². The van der Waals surface area contributed by atoms with Gasteiger partial charge in [-0.25, -0.2) is 4.68 Å². The van der Waals surface area contributed by atoms with E-state index in [0.29, 0.717) is 37.6 Å². The fourth-order valence-electron chi connectivity index (χ4n) is 5.34. The van der Waals surface area contributed by atoms with E-state index in [9.17, 15) is 4.79 Å². The normalized spacial score (nSPS) is 16.1. The van der Waals surface area contributed by atoms with Crippen molar-refractivity contribution in [3.8, 4) is 5.75 Å². The number of benzene rings is 2. The Morgan fingerprint density at radius 1 is 1.12 bits per heavy atom. The smallest absolute Gasteiger partial charge is 0.253 e. The summed E-state index contributed by atoms with van der Waals surface area (Å²) in [5, 5.41) is 13.7. The lowest BCUT2D eigenvalue weighted by atomic mass is 10.0. The first kappa shape index (κ1) is 26.0. The van der Waals surface area contributed by atoms with Gasteiger partial charge in [0.2, 0.25) is 0 Å². The van der Waals surface area contributed by atoms with Crippen molar-refractivity contribution in [3.63, 3.8) is 0 Å². The number of nitrogens with zero attached hydrogens (tertiary/aromatic N) is 5. The highest BCUT2D eigenvalue weighted by Crippen LogP contribution is 2.31. The molecular weight excluding hydrogens is 508 g/mol. The van der Waals surface area contributed by atoms with Crippen LogP contribution in [-0.2, 0) is 24.4 Å². The highest BCUT2D eigenvalue weighted by molar-refractivity contribution is 5.80. The van der Waals surface area contributed by atoms with Crippen molar-refractivity contribution in [2.75, 3.05) is 13.2 Å². The number of rotatable bonds is 11.